The molecule has 0 aliphatic carbocycles. The summed E-state index contributed by atoms with van der Waals surface area (Å²) in [4.78, 5) is 4.31. The molecule has 0 fully saturated rings. The first-order valence-corrected chi connectivity index (χ1v) is 4.34. The first kappa shape index (κ1) is 9.20. The molecule has 0 bridgehead atoms. The van der Waals surface area contributed by atoms with Gasteiger partial charge in [-0.1, -0.05) is 13.0 Å². The van der Waals surface area contributed by atoms with E-state index in [1.807, 2.05) is 25.4 Å². The Morgan fingerprint density at radius 2 is 2.08 bits per heavy atom. The van der Waals surface area contributed by atoms with Crippen LogP contribution in [0.1, 0.15) is 25.5 Å². The summed E-state index contributed by atoms with van der Waals surface area (Å²) in [5.74, 6) is 0.469. The second kappa shape index (κ2) is 4.21. The van der Waals surface area contributed by atoms with E-state index < -0.39 is 0 Å². The minimum atomic E-state index is 0.469. The molecule has 1 rings (SSSR count). The van der Waals surface area contributed by atoms with Gasteiger partial charge in [0, 0.05) is 23.9 Å². The second-order valence-corrected chi connectivity index (χ2v) is 3.12. The molecular weight excluding hydrogens is 148 g/mol. The lowest BCUT2D eigenvalue weighted by molar-refractivity contribution is 0.515. The molecule has 0 radical (unpaired) electrons. The Hall–Kier alpha value is -0.890. The van der Waals surface area contributed by atoms with Gasteiger partial charge in [-0.15, -0.1) is 0 Å². The van der Waals surface area contributed by atoms with Gasteiger partial charge >= 0.3 is 0 Å². The average molecular weight is 164 g/mol. The van der Waals surface area contributed by atoms with Crippen molar-refractivity contribution in [1.82, 2.24) is 10.3 Å². The number of nitrogens with one attached hydrogen (secondary N) is 1. The number of aromatic nitrogens is 1. The summed E-state index contributed by atoms with van der Waals surface area (Å²) in [6, 6.07) is 6.51. The molecule has 1 heterocycles. The molecule has 2 nitrogen and oxygen atoms in total. The maximum atomic E-state index is 4.31. The Balaban J connectivity index is 2.71. The van der Waals surface area contributed by atoms with Gasteiger partial charge in [0.25, 0.3) is 0 Å². The van der Waals surface area contributed by atoms with Crippen molar-refractivity contribution in [3.63, 3.8) is 0 Å². The zero-order valence-corrected chi connectivity index (χ0v) is 7.91. The van der Waals surface area contributed by atoms with Crippen molar-refractivity contribution in [2.24, 2.45) is 0 Å². The van der Waals surface area contributed by atoms with Crippen LogP contribution in [0.25, 0.3) is 0 Å². The number of hydrogen-bond acceptors (Lipinski definition) is 2. The van der Waals surface area contributed by atoms with Crippen molar-refractivity contribution in [2.45, 2.75) is 25.8 Å². The van der Waals surface area contributed by atoms with Crippen molar-refractivity contribution in [1.29, 1.82) is 0 Å². The summed E-state index contributed by atoms with van der Waals surface area (Å²) >= 11 is 0. The van der Waals surface area contributed by atoms with Gasteiger partial charge in [0.15, 0.2) is 0 Å². The molecule has 0 spiro atoms. The highest BCUT2D eigenvalue weighted by atomic mass is 14.9. The fourth-order valence-electron chi connectivity index (χ4n) is 1.15. The number of likely N-dealkylation sites (N-methyl/N-ethyl adjacent to an activating group) is 1. The molecule has 1 N–H and O–H groups in total. The predicted octanol–water partition coefficient (Wildman–Crippen LogP) is 1.79. The molecule has 0 aliphatic rings. The molecule has 12 heavy (non-hydrogen) atoms. The van der Waals surface area contributed by atoms with E-state index in [4.69, 9.17) is 0 Å². The number of hydrogen-bond donors (Lipinski definition) is 1. The smallest absolute Gasteiger partial charge is 0.0447 e. The molecule has 2 heteroatoms. The van der Waals surface area contributed by atoms with E-state index in [2.05, 4.69) is 30.2 Å². The first-order chi connectivity index (χ1) is 5.75. The van der Waals surface area contributed by atoms with E-state index in [0.29, 0.717) is 12.0 Å². The fourth-order valence-corrected chi connectivity index (χ4v) is 1.15. The van der Waals surface area contributed by atoms with Crippen molar-refractivity contribution in [2.75, 3.05) is 7.05 Å². The summed E-state index contributed by atoms with van der Waals surface area (Å²) in [6.45, 7) is 4.35. The van der Waals surface area contributed by atoms with Crippen molar-refractivity contribution >= 4 is 0 Å². The highest BCUT2D eigenvalue weighted by Gasteiger charge is 2.12. The molecule has 1 aromatic heterocycles. The van der Waals surface area contributed by atoms with E-state index in [-0.39, 0.29) is 0 Å². The topological polar surface area (TPSA) is 24.9 Å². The molecule has 2 atom stereocenters. The SMILES string of the molecule is CNC(C)C(C)c1ccccn1. The zero-order chi connectivity index (χ0) is 8.97. The van der Waals surface area contributed by atoms with Crippen LogP contribution in [0.2, 0.25) is 0 Å². The lowest BCUT2D eigenvalue weighted by atomic mass is 9.99. The predicted molar refractivity (Wildman–Crippen MR) is 51.2 cm³/mol. The Labute approximate surface area is 74.0 Å². The van der Waals surface area contributed by atoms with Crippen molar-refractivity contribution in [3.05, 3.63) is 30.1 Å². The molecular formula is C10H16N2. The quantitative estimate of drug-likeness (QED) is 0.736. The van der Waals surface area contributed by atoms with Gasteiger partial charge in [-0.25, -0.2) is 0 Å². The van der Waals surface area contributed by atoms with Crippen molar-refractivity contribution < 1.29 is 0 Å². The minimum Gasteiger partial charge on any atom is -0.317 e. The highest BCUT2D eigenvalue weighted by Crippen LogP contribution is 2.15. The highest BCUT2D eigenvalue weighted by molar-refractivity contribution is 5.10. The van der Waals surface area contributed by atoms with Gasteiger partial charge in [0.1, 0.15) is 0 Å². The maximum Gasteiger partial charge on any atom is 0.0447 e. The normalized spacial score (nSPS) is 15.6. The Bertz CT molecular complexity index is 221. The van der Waals surface area contributed by atoms with E-state index in [1.54, 1.807) is 0 Å². The monoisotopic (exact) mass is 164 g/mol. The van der Waals surface area contributed by atoms with Crippen LogP contribution in [0.4, 0.5) is 0 Å². The average Bonchev–Trinajstić information content (AvgIpc) is 2.17. The third-order valence-corrected chi connectivity index (χ3v) is 2.36. The third-order valence-electron chi connectivity index (χ3n) is 2.36. The van der Waals surface area contributed by atoms with Gasteiger partial charge in [-0.3, -0.25) is 4.98 Å². The van der Waals surface area contributed by atoms with Crippen molar-refractivity contribution in [3.8, 4) is 0 Å². The largest absolute Gasteiger partial charge is 0.317 e. The number of nitrogens with zero attached hydrogens (tertiary/aromatic N) is 1. The standard InChI is InChI=1S/C10H16N2/c1-8(9(2)11-3)10-6-4-5-7-12-10/h4-9,11H,1-3H3. The summed E-state index contributed by atoms with van der Waals surface area (Å²) in [6.07, 6.45) is 1.84. The first-order valence-electron chi connectivity index (χ1n) is 4.34. The van der Waals surface area contributed by atoms with Crippen LogP contribution in [-0.4, -0.2) is 18.1 Å². The number of rotatable bonds is 3. The maximum absolute atomic E-state index is 4.31. The van der Waals surface area contributed by atoms with Crippen LogP contribution in [0.15, 0.2) is 24.4 Å². The molecule has 0 saturated heterocycles. The molecule has 0 aromatic carbocycles. The van der Waals surface area contributed by atoms with Crippen LogP contribution >= 0.6 is 0 Å². The minimum absolute atomic E-state index is 0.469. The van der Waals surface area contributed by atoms with Crippen LogP contribution in [0, 0.1) is 0 Å². The van der Waals surface area contributed by atoms with Crippen LogP contribution in [0.3, 0.4) is 0 Å². The Kier molecular flexibility index (Phi) is 3.23. The summed E-state index contributed by atoms with van der Waals surface area (Å²) < 4.78 is 0. The van der Waals surface area contributed by atoms with Gasteiger partial charge in [-0.05, 0) is 26.1 Å². The van der Waals surface area contributed by atoms with E-state index in [9.17, 15) is 0 Å². The molecule has 2 unspecified atom stereocenters. The van der Waals surface area contributed by atoms with Crippen LogP contribution in [-0.2, 0) is 0 Å². The number of pyridine rings is 1. The molecule has 0 aliphatic heterocycles. The van der Waals surface area contributed by atoms with Gasteiger partial charge < -0.3 is 5.32 Å². The zero-order valence-electron chi connectivity index (χ0n) is 7.91. The molecule has 66 valence electrons. The third kappa shape index (κ3) is 2.05. The van der Waals surface area contributed by atoms with E-state index in [0.717, 1.165) is 5.69 Å². The van der Waals surface area contributed by atoms with Gasteiger partial charge in [0.05, 0.1) is 0 Å². The van der Waals surface area contributed by atoms with E-state index in [1.165, 1.54) is 0 Å². The van der Waals surface area contributed by atoms with Crippen LogP contribution < -0.4 is 5.32 Å². The Morgan fingerprint density at radius 3 is 2.58 bits per heavy atom. The fraction of sp³-hybridized carbons (Fsp3) is 0.500. The summed E-state index contributed by atoms with van der Waals surface area (Å²) in [7, 11) is 1.98. The lowest BCUT2D eigenvalue weighted by Crippen LogP contribution is -2.27. The van der Waals surface area contributed by atoms with E-state index >= 15 is 0 Å². The van der Waals surface area contributed by atoms with Gasteiger partial charge in [0.2, 0.25) is 0 Å². The van der Waals surface area contributed by atoms with Crippen LogP contribution in [0.5, 0.6) is 0 Å². The second-order valence-electron chi connectivity index (χ2n) is 3.12. The Morgan fingerprint density at radius 1 is 1.33 bits per heavy atom. The molecule has 0 amide bonds. The molecule has 1 aromatic rings. The summed E-state index contributed by atoms with van der Waals surface area (Å²) in [5, 5.41) is 3.22. The van der Waals surface area contributed by atoms with Gasteiger partial charge in [-0.2, -0.15) is 0 Å². The molecule has 0 saturated carbocycles. The lowest BCUT2D eigenvalue weighted by Gasteiger charge is -2.18. The summed E-state index contributed by atoms with van der Waals surface area (Å²) in [5.41, 5.74) is 1.15.